The van der Waals surface area contributed by atoms with Crippen LogP contribution in [0.15, 0.2) is 24.3 Å². The summed E-state index contributed by atoms with van der Waals surface area (Å²) in [5.41, 5.74) is 2.08. The number of thiazole rings is 1. The van der Waals surface area contributed by atoms with Crippen molar-refractivity contribution in [1.82, 2.24) is 29.4 Å². The summed E-state index contributed by atoms with van der Waals surface area (Å²) in [5.74, 6) is 0.509. The van der Waals surface area contributed by atoms with Crippen molar-refractivity contribution in [2.24, 2.45) is 0 Å². The highest BCUT2D eigenvalue weighted by atomic mass is 32.1. The van der Waals surface area contributed by atoms with Crippen LogP contribution in [-0.4, -0.2) is 98.4 Å². The molecule has 0 radical (unpaired) electrons. The molecule has 2 atom stereocenters. The molecule has 14 heteroatoms. The Morgan fingerprint density at radius 2 is 1.88 bits per heavy atom. The van der Waals surface area contributed by atoms with Gasteiger partial charge in [0.15, 0.2) is 10.9 Å². The van der Waals surface area contributed by atoms with Crippen LogP contribution in [0.5, 0.6) is 0 Å². The molecule has 220 valence electrons. The molecule has 0 bridgehead atoms. The standard InChI is InChI=1S/C28H32FN9O2S2/c1-5-21-25(34(4)26-32-24(22(10-30)41-26)18-6-8-19(29)9-7-18)38-27(31-21)42-28(33-38)37-12-16(2)35(11-17(37)3)15-23(40)36-13-20(39)14-36/h6-9,16-17,20,39H,5,11-15H2,1-4H3/t16-,17-/m0/s1. The fraction of sp³-hybridized carbons (Fsp3) is 0.464. The number of piperazine rings is 1. The number of carbonyl (C=O) groups excluding carboxylic acids is 1. The van der Waals surface area contributed by atoms with Crippen LogP contribution in [-0.2, 0) is 11.2 Å². The van der Waals surface area contributed by atoms with Crippen molar-refractivity contribution in [3.8, 4) is 17.3 Å². The van der Waals surface area contributed by atoms with Crippen LogP contribution in [0.2, 0.25) is 0 Å². The van der Waals surface area contributed by atoms with E-state index in [0.29, 0.717) is 47.3 Å². The number of amides is 1. The van der Waals surface area contributed by atoms with Gasteiger partial charge in [0.25, 0.3) is 0 Å². The van der Waals surface area contributed by atoms with Crippen molar-refractivity contribution < 1.29 is 14.3 Å². The van der Waals surface area contributed by atoms with Gasteiger partial charge in [-0.05, 0) is 44.5 Å². The van der Waals surface area contributed by atoms with E-state index in [9.17, 15) is 19.6 Å². The Bertz CT molecular complexity index is 1650. The van der Waals surface area contributed by atoms with Crippen LogP contribution in [0.25, 0.3) is 16.2 Å². The molecule has 11 nitrogen and oxygen atoms in total. The number of β-amino-alcohol motifs (C(OH)–C–C–N with tert-alkyl or cyclic N) is 1. The van der Waals surface area contributed by atoms with Gasteiger partial charge in [0.2, 0.25) is 16.0 Å². The Kier molecular flexibility index (Phi) is 7.61. The molecule has 0 saturated carbocycles. The first kappa shape index (κ1) is 28.5. The number of hydrogen-bond acceptors (Lipinski definition) is 11. The van der Waals surface area contributed by atoms with Crippen LogP contribution in [0.1, 0.15) is 31.3 Å². The maximum absolute atomic E-state index is 13.5. The summed E-state index contributed by atoms with van der Waals surface area (Å²) < 4.78 is 15.4. The van der Waals surface area contributed by atoms with Crippen molar-refractivity contribution in [3.05, 3.63) is 40.7 Å². The first-order valence-corrected chi connectivity index (χ1v) is 15.6. The van der Waals surface area contributed by atoms with E-state index in [0.717, 1.165) is 34.7 Å². The average molecular weight is 610 g/mol. The number of anilines is 3. The largest absolute Gasteiger partial charge is 0.389 e. The predicted molar refractivity (Wildman–Crippen MR) is 161 cm³/mol. The number of likely N-dealkylation sites (tertiary alicyclic amines) is 1. The number of hydrogen-bond donors (Lipinski definition) is 1. The molecule has 6 rings (SSSR count). The second kappa shape index (κ2) is 11.2. The monoisotopic (exact) mass is 609 g/mol. The van der Waals surface area contributed by atoms with Gasteiger partial charge in [-0.3, -0.25) is 9.69 Å². The molecule has 0 spiro atoms. The van der Waals surface area contributed by atoms with Gasteiger partial charge in [-0.2, -0.15) is 9.78 Å². The summed E-state index contributed by atoms with van der Waals surface area (Å²) in [7, 11) is 1.90. The van der Waals surface area contributed by atoms with Gasteiger partial charge in [0.05, 0.1) is 18.3 Å². The Morgan fingerprint density at radius 1 is 1.14 bits per heavy atom. The number of fused-ring (bicyclic) bond motifs is 1. The van der Waals surface area contributed by atoms with Crippen LogP contribution < -0.4 is 9.80 Å². The third-order valence-corrected chi connectivity index (χ3v) is 9.91. The molecule has 2 fully saturated rings. The molecule has 4 aromatic rings. The van der Waals surface area contributed by atoms with Crippen molar-refractivity contribution >= 4 is 49.6 Å². The van der Waals surface area contributed by atoms with Gasteiger partial charge in [-0.15, -0.1) is 5.10 Å². The molecule has 1 N–H and O–H groups in total. The number of aliphatic hydroxyl groups is 1. The van der Waals surface area contributed by atoms with Crippen LogP contribution in [0.4, 0.5) is 20.5 Å². The normalized spacial score (nSPS) is 19.7. The average Bonchev–Trinajstić information content (AvgIpc) is 3.65. The highest BCUT2D eigenvalue weighted by Crippen LogP contribution is 2.38. The SMILES string of the molecule is CCc1nc2sc(N3C[C@H](C)N(CC(=O)N4CC(O)C4)C[C@@H]3C)nn2c1N(C)c1nc(-c2ccc(F)cc2)c(C#N)s1. The van der Waals surface area contributed by atoms with E-state index in [1.165, 1.54) is 34.8 Å². The van der Waals surface area contributed by atoms with Crippen molar-refractivity contribution in [3.63, 3.8) is 0 Å². The van der Waals surface area contributed by atoms with Gasteiger partial charge in [0.1, 0.15) is 22.5 Å². The lowest BCUT2D eigenvalue weighted by Gasteiger charge is -2.45. The molecule has 0 aliphatic carbocycles. The van der Waals surface area contributed by atoms with Gasteiger partial charge in [0, 0.05) is 50.9 Å². The zero-order chi connectivity index (χ0) is 29.7. The van der Waals surface area contributed by atoms with Gasteiger partial charge < -0.3 is 19.8 Å². The lowest BCUT2D eigenvalue weighted by atomic mass is 10.1. The van der Waals surface area contributed by atoms with Crippen molar-refractivity contribution in [2.75, 3.05) is 49.6 Å². The van der Waals surface area contributed by atoms with E-state index in [1.807, 2.05) is 23.4 Å². The van der Waals surface area contributed by atoms with Gasteiger partial charge in [-0.1, -0.05) is 29.6 Å². The number of rotatable bonds is 7. The maximum atomic E-state index is 13.5. The zero-order valence-corrected chi connectivity index (χ0v) is 25.5. The number of imidazole rings is 1. The Morgan fingerprint density at radius 3 is 2.55 bits per heavy atom. The number of halogens is 1. The minimum absolute atomic E-state index is 0.0598. The predicted octanol–water partition coefficient (Wildman–Crippen LogP) is 3.36. The molecular formula is C28H32FN9O2S2. The summed E-state index contributed by atoms with van der Waals surface area (Å²) in [6.07, 6.45) is 0.296. The van der Waals surface area contributed by atoms with E-state index in [2.05, 4.69) is 29.7 Å². The fourth-order valence-corrected chi connectivity index (χ4v) is 7.37. The number of aliphatic hydroxyl groups excluding tert-OH is 1. The molecule has 5 heterocycles. The molecule has 2 aliphatic rings. The van der Waals surface area contributed by atoms with Crippen LogP contribution in [0, 0.1) is 17.1 Å². The van der Waals surface area contributed by atoms with E-state index in [1.54, 1.807) is 17.0 Å². The Balaban J connectivity index is 1.25. The van der Waals surface area contributed by atoms with Gasteiger partial charge >= 0.3 is 0 Å². The first-order chi connectivity index (χ1) is 20.2. The minimum atomic E-state index is -0.399. The second-order valence-corrected chi connectivity index (χ2v) is 12.8. The van der Waals surface area contributed by atoms with E-state index in [-0.39, 0.29) is 23.8 Å². The first-order valence-electron chi connectivity index (χ1n) is 13.9. The lowest BCUT2D eigenvalue weighted by Crippen LogP contribution is -2.61. The smallest absolute Gasteiger partial charge is 0.236 e. The van der Waals surface area contributed by atoms with Crippen LogP contribution >= 0.6 is 22.7 Å². The molecule has 1 aromatic carbocycles. The number of aromatic nitrogens is 4. The van der Waals surface area contributed by atoms with E-state index in [4.69, 9.17) is 15.1 Å². The summed E-state index contributed by atoms with van der Waals surface area (Å²) in [5, 5.41) is 25.8. The maximum Gasteiger partial charge on any atom is 0.236 e. The molecule has 2 saturated heterocycles. The Hall–Kier alpha value is -3.64. The molecule has 42 heavy (non-hydrogen) atoms. The van der Waals surface area contributed by atoms with Crippen molar-refractivity contribution in [2.45, 2.75) is 45.4 Å². The zero-order valence-electron chi connectivity index (χ0n) is 23.9. The number of aryl methyl sites for hydroxylation is 1. The number of carbonyl (C=O) groups is 1. The minimum Gasteiger partial charge on any atom is -0.389 e. The molecule has 3 aromatic heterocycles. The number of benzene rings is 1. The summed E-state index contributed by atoms with van der Waals surface area (Å²) in [6.45, 7) is 8.94. The summed E-state index contributed by atoms with van der Waals surface area (Å²) >= 11 is 2.80. The number of nitriles is 1. The van der Waals surface area contributed by atoms with Crippen molar-refractivity contribution in [1.29, 1.82) is 5.26 Å². The highest BCUT2D eigenvalue weighted by molar-refractivity contribution is 7.20. The van der Waals surface area contributed by atoms with E-state index < -0.39 is 6.10 Å². The fourth-order valence-electron chi connectivity index (χ4n) is 5.50. The summed E-state index contributed by atoms with van der Waals surface area (Å²) in [6, 6.07) is 8.50. The Labute approximate surface area is 251 Å². The number of nitrogens with zero attached hydrogens (tertiary/aromatic N) is 9. The third-order valence-electron chi connectivity index (χ3n) is 7.93. The topological polar surface area (TPSA) is 117 Å². The lowest BCUT2D eigenvalue weighted by molar-refractivity contribution is -0.143. The van der Waals surface area contributed by atoms with Gasteiger partial charge in [-0.25, -0.2) is 14.4 Å². The third kappa shape index (κ3) is 5.11. The molecular weight excluding hydrogens is 578 g/mol. The molecule has 1 amide bonds. The quantitative estimate of drug-likeness (QED) is 0.337. The molecule has 0 unspecified atom stereocenters. The second-order valence-electron chi connectivity index (χ2n) is 10.9. The van der Waals surface area contributed by atoms with Crippen LogP contribution in [0.3, 0.4) is 0 Å². The summed E-state index contributed by atoms with van der Waals surface area (Å²) in [4.78, 5) is 31.6. The molecule has 2 aliphatic heterocycles. The van der Waals surface area contributed by atoms with E-state index >= 15 is 0 Å². The highest BCUT2D eigenvalue weighted by Gasteiger charge is 2.36.